The molecule has 0 unspecified atom stereocenters. The normalized spacial score (nSPS) is 14.3. The summed E-state index contributed by atoms with van der Waals surface area (Å²) in [6.07, 6.45) is 1.61. The Bertz CT molecular complexity index is 498. The van der Waals surface area contributed by atoms with E-state index >= 15 is 0 Å². The van der Waals surface area contributed by atoms with E-state index in [1.54, 1.807) is 19.1 Å². The summed E-state index contributed by atoms with van der Waals surface area (Å²) in [6, 6.07) is 6.26. The van der Waals surface area contributed by atoms with Gasteiger partial charge >= 0.3 is 6.09 Å². The molecule has 1 heterocycles. The Labute approximate surface area is 97.3 Å². The minimum absolute atomic E-state index is 0.218. The van der Waals surface area contributed by atoms with Crippen LogP contribution in [0.4, 0.5) is 4.79 Å². The molecule has 0 bridgehead atoms. The highest BCUT2D eigenvalue weighted by molar-refractivity contribution is 6.28. The van der Waals surface area contributed by atoms with Crippen LogP contribution in [-0.4, -0.2) is 22.8 Å². The minimum Gasteiger partial charge on any atom is -0.418 e. The Balaban J connectivity index is 2.33. The molecular formula is C12H9NO4. The number of nitrogens with zero attached hydrogens (tertiary/aromatic N) is 1. The lowest BCUT2D eigenvalue weighted by Crippen LogP contribution is -2.35. The van der Waals surface area contributed by atoms with Crippen molar-refractivity contribution >= 4 is 17.9 Å². The molecule has 0 N–H and O–H groups in total. The number of hydrogen-bond donors (Lipinski definition) is 0. The summed E-state index contributed by atoms with van der Waals surface area (Å²) in [7, 11) is 0. The molecule has 5 nitrogen and oxygen atoms in total. The predicted molar refractivity (Wildman–Crippen MR) is 58.2 cm³/mol. The summed E-state index contributed by atoms with van der Waals surface area (Å²) in [5.41, 5.74) is 0.435. The molecular weight excluding hydrogens is 222 g/mol. The summed E-state index contributed by atoms with van der Waals surface area (Å²) >= 11 is 0. The number of carbonyl (C=O) groups is 3. The molecule has 1 aromatic carbocycles. The molecule has 0 aromatic heterocycles. The van der Waals surface area contributed by atoms with Gasteiger partial charge in [0.25, 0.3) is 11.8 Å². The predicted octanol–water partition coefficient (Wildman–Crippen LogP) is 1.95. The third-order valence-electron chi connectivity index (χ3n) is 2.28. The highest BCUT2D eigenvalue weighted by Gasteiger charge is 2.40. The highest BCUT2D eigenvalue weighted by atomic mass is 16.5. The van der Waals surface area contributed by atoms with E-state index < -0.39 is 17.9 Å². The van der Waals surface area contributed by atoms with Crippen molar-refractivity contribution in [2.45, 2.75) is 6.92 Å². The standard InChI is InChI=1S/C12H9NO4/c1-2-7-17-12(16)13-10(14)8-5-3-4-6-9(8)11(13)15/h2-7H,1H3. The number of carbonyl (C=O) groups excluding carboxylic acids is 3. The maximum absolute atomic E-state index is 11.8. The largest absolute Gasteiger partial charge is 0.428 e. The second kappa shape index (κ2) is 4.21. The Hall–Kier alpha value is -2.43. The first-order valence-electron chi connectivity index (χ1n) is 4.96. The summed E-state index contributed by atoms with van der Waals surface area (Å²) in [5.74, 6) is -1.31. The number of fused-ring (bicyclic) bond motifs is 1. The van der Waals surface area contributed by atoms with Crippen molar-refractivity contribution in [3.8, 4) is 0 Å². The molecule has 0 spiro atoms. The van der Waals surface area contributed by atoms with E-state index in [1.807, 2.05) is 0 Å². The summed E-state index contributed by atoms with van der Waals surface area (Å²) in [6.45, 7) is 1.65. The SMILES string of the molecule is CC=COC(=O)N1C(=O)c2ccccc2C1=O. The van der Waals surface area contributed by atoms with Gasteiger partial charge in [0.2, 0.25) is 0 Å². The molecule has 0 saturated heterocycles. The van der Waals surface area contributed by atoms with Crippen LogP contribution in [0.3, 0.4) is 0 Å². The van der Waals surface area contributed by atoms with Crippen molar-refractivity contribution in [1.82, 2.24) is 4.90 Å². The topological polar surface area (TPSA) is 63.7 Å². The van der Waals surface area contributed by atoms with Crippen molar-refractivity contribution in [2.24, 2.45) is 0 Å². The van der Waals surface area contributed by atoms with E-state index in [1.165, 1.54) is 18.2 Å². The Kier molecular flexibility index (Phi) is 2.74. The zero-order valence-electron chi connectivity index (χ0n) is 9.04. The fourth-order valence-electron chi connectivity index (χ4n) is 1.53. The Morgan fingerprint density at radius 3 is 2.18 bits per heavy atom. The third-order valence-corrected chi connectivity index (χ3v) is 2.28. The molecule has 1 aromatic rings. The molecule has 1 aliphatic heterocycles. The van der Waals surface area contributed by atoms with E-state index in [-0.39, 0.29) is 11.1 Å². The molecule has 5 heteroatoms. The maximum atomic E-state index is 11.8. The minimum atomic E-state index is -0.991. The van der Waals surface area contributed by atoms with Crippen LogP contribution in [0.15, 0.2) is 36.6 Å². The lowest BCUT2D eigenvalue weighted by atomic mass is 10.1. The molecule has 0 atom stereocenters. The van der Waals surface area contributed by atoms with Crippen LogP contribution in [-0.2, 0) is 4.74 Å². The Morgan fingerprint density at radius 2 is 1.71 bits per heavy atom. The molecule has 0 aliphatic carbocycles. The molecule has 86 valence electrons. The average Bonchev–Trinajstić information content (AvgIpc) is 2.60. The Morgan fingerprint density at radius 1 is 1.18 bits per heavy atom. The van der Waals surface area contributed by atoms with E-state index in [0.717, 1.165) is 6.26 Å². The first-order valence-corrected chi connectivity index (χ1v) is 4.96. The number of benzene rings is 1. The number of ether oxygens (including phenoxy) is 1. The van der Waals surface area contributed by atoms with Crippen molar-refractivity contribution in [1.29, 1.82) is 0 Å². The number of imide groups is 3. The quantitative estimate of drug-likeness (QED) is 0.547. The van der Waals surface area contributed by atoms with Crippen molar-refractivity contribution in [3.63, 3.8) is 0 Å². The van der Waals surface area contributed by atoms with Gasteiger partial charge in [0.1, 0.15) is 0 Å². The fourth-order valence-corrected chi connectivity index (χ4v) is 1.53. The molecule has 0 radical (unpaired) electrons. The average molecular weight is 231 g/mol. The van der Waals surface area contributed by atoms with Crippen LogP contribution in [0.25, 0.3) is 0 Å². The number of amides is 3. The van der Waals surface area contributed by atoms with Gasteiger partial charge in [-0.25, -0.2) is 4.79 Å². The molecule has 0 fully saturated rings. The van der Waals surface area contributed by atoms with E-state index in [4.69, 9.17) is 0 Å². The number of hydrogen-bond acceptors (Lipinski definition) is 4. The molecule has 1 aliphatic rings. The summed E-state index contributed by atoms with van der Waals surface area (Å²) in [4.78, 5) is 35.6. The van der Waals surface area contributed by atoms with Crippen molar-refractivity contribution in [2.75, 3.05) is 0 Å². The molecule has 2 rings (SSSR count). The van der Waals surface area contributed by atoms with Gasteiger partial charge in [-0.2, -0.15) is 4.90 Å². The van der Waals surface area contributed by atoms with Gasteiger partial charge < -0.3 is 4.74 Å². The van der Waals surface area contributed by atoms with Gasteiger partial charge in [-0.1, -0.05) is 18.2 Å². The molecule has 0 saturated carbocycles. The van der Waals surface area contributed by atoms with Gasteiger partial charge in [-0.15, -0.1) is 0 Å². The second-order valence-corrected chi connectivity index (χ2v) is 3.34. The summed E-state index contributed by atoms with van der Waals surface area (Å²) < 4.78 is 4.61. The van der Waals surface area contributed by atoms with E-state index in [0.29, 0.717) is 4.90 Å². The van der Waals surface area contributed by atoms with Gasteiger partial charge in [0, 0.05) is 0 Å². The van der Waals surface area contributed by atoms with E-state index in [9.17, 15) is 14.4 Å². The van der Waals surface area contributed by atoms with E-state index in [2.05, 4.69) is 4.74 Å². The van der Waals surface area contributed by atoms with Crippen molar-refractivity contribution < 1.29 is 19.1 Å². The number of allylic oxidation sites excluding steroid dienone is 1. The molecule has 3 amide bonds. The van der Waals surface area contributed by atoms with Crippen LogP contribution in [0.5, 0.6) is 0 Å². The van der Waals surface area contributed by atoms with Crippen LogP contribution < -0.4 is 0 Å². The monoisotopic (exact) mass is 231 g/mol. The second-order valence-electron chi connectivity index (χ2n) is 3.34. The van der Waals surface area contributed by atoms with Crippen LogP contribution >= 0.6 is 0 Å². The first-order chi connectivity index (χ1) is 8.16. The first kappa shape index (κ1) is 11.1. The zero-order valence-corrected chi connectivity index (χ0v) is 9.04. The zero-order chi connectivity index (χ0) is 12.4. The highest BCUT2D eigenvalue weighted by Crippen LogP contribution is 2.22. The van der Waals surface area contributed by atoms with Gasteiger partial charge in [0.05, 0.1) is 17.4 Å². The summed E-state index contributed by atoms with van der Waals surface area (Å²) in [5, 5.41) is 0. The van der Waals surface area contributed by atoms with Crippen LogP contribution in [0.1, 0.15) is 27.6 Å². The van der Waals surface area contributed by atoms with Crippen molar-refractivity contribution in [3.05, 3.63) is 47.7 Å². The maximum Gasteiger partial charge on any atom is 0.428 e. The van der Waals surface area contributed by atoms with Crippen LogP contribution in [0, 0.1) is 0 Å². The third kappa shape index (κ3) is 1.71. The molecule has 17 heavy (non-hydrogen) atoms. The lowest BCUT2D eigenvalue weighted by Gasteiger charge is -2.09. The fraction of sp³-hybridized carbons (Fsp3) is 0.0833. The van der Waals surface area contributed by atoms with Gasteiger partial charge in [0.15, 0.2) is 0 Å². The number of rotatable bonds is 1. The van der Waals surface area contributed by atoms with Gasteiger partial charge in [-0.3, -0.25) is 9.59 Å². The van der Waals surface area contributed by atoms with Crippen LogP contribution in [0.2, 0.25) is 0 Å². The lowest BCUT2D eigenvalue weighted by molar-refractivity contribution is 0.0641. The smallest absolute Gasteiger partial charge is 0.418 e. The van der Waals surface area contributed by atoms with Gasteiger partial charge in [-0.05, 0) is 19.1 Å².